The fourth-order valence-electron chi connectivity index (χ4n) is 2.71. The van der Waals surface area contributed by atoms with Gasteiger partial charge in [-0.15, -0.1) is 0 Å². The van der Waals surface area contributed by atoms with Crippen LogP contribution in [0.15, 0.2) is 28.7 Å². The molecule has 1 aliphatic rings. The molecule has 5 heteroatoms. The van der Waals surface area contributed by atoms with Crippen LogP contribution in [0, 0.1) is 0 Å². The summed E-state index contributed by atoms with van der Waals surface area (Å²) < 4.78 is 6.47. The standard InChI is InChI=1S/C18H27BrN2O2/c1-13(14-7-5-8-15(19)11-14)20-12-18(9-6-10-18)21-16(22)23-17(2,3)4/h5,7-8,11,13,20H,6,9-10,12H2,1-4H3,(H,21,22). The zero-order valence-corrected chi connectivity index (χ0v) is 16.0. The summed E-state index contributed by atoms with van der Waals surface area (Å²) in [4.78, 5) is 12.1. The van der Waals surface area contributed by atoms with E-state index in [9.17, 15) is 4.79 Å². The lowest BCUT2D eigenvalue weighted by Gasteiger charge is -2.43. The fourth-order valence-corrected chi connectivity index (χ4v) is 3.13. The van der Waals surface area contributed by atoms with Crippen molar-refractivity contribution in [1.82, 2.24) is 10.6 Å². The van der Waals surface area contributed by atoms with Gasteiger partial charge in [-0.05, 0) is 64.7 Å². The normalized spacial score (nSPS) is 18.0. The van der Waals surface area contributed by atoms with E-state index in [4.69, 9.17) is 4.74 Å². The van der Waals surface area contributed by atoms with E-state index in [0.717, 1.165) is 30.3 Å². The zero-order chi connectivity index (χ0) is 17.1. The van der Waals surface area contributed by atoms with Gasteiger partial charge in [-0.3, -0.25) is 0 Å². The maximum absolute atomic E-state index is 12.1. The molecule has 0 radical (unpaired) electrons. The summed E-state index contributed by atoms with van der Waals surface area (Å²) in [5.74, 6) is 0. The largest absolute Gasteiger partial charge is 0.444 e. The monoisotopic (exact) mass is 382 g/mol. The number of ether oxygens (including phenoxy) is 1. The molecule has 1 aromatic rings. The molecule has 2 rings (SSSR count). The van der Waals surface area contributed by atoms with E-state index in [0.29, 0.717) is 0 Å². The molecular formula is C18H27BrN2O2. The molecule has 1 atom stereocenters. The van der Waals surface area contributed by atoms with Gasteiger partial charge in [0.25, 0.3) is 0 Å². The molecule has 0 bridgehead atoms. The van der Waals surface area contributed by atoms with Gasteiger partial charge in [0.05, 0.1) is 5.54 Å². The Labute approximate surface area is 147 Å². The molecule has 0 spiro atoms. The molecule has 0 heterocycles. The van der Waals surface area contributed by atoms with Gasteiger partial charge >= 0.3 is 6.09 Å². The van der Waals surface area contributed by atoms with E-state index < -0.39 is 5.60 Å². The SMILES string of the molecule is CC(NCC1(NC(=O)OC(C)(C)C)CCC1)c1cccc(Br)c1. The van der Waals surface area contributed by atoms with Crippen molar-refractivity contribution in [3.8, 4) is 0 Å². The molecule has 1 fully saturated rings. The van der Waals surface area contributed by atoms with Crippen LogP contribution >= 0.6 is 15.9 Å². The van der Waals surface area contributed by atoms with Crippen LogP contribution in [-0.2, 0) is 4.74 Å². The van der Waals surface area contributed by atoms with Gasteiger partial charge in [0.2, 0.25) is 0 Å². The van der Waals surface area contributed by atoms with Crippen molar-refractivity contribution in [3.63, 3.8) is 0 Å². The van der Waals surface area contributed by atoms with Crippen molar-refractivity contribution in [1.29, 1.82) is 0 Å². The predicted octanol–water partition coefficient (Wildman–Crippen LogP) is 4.55. The van der Waals surface area contributed by atoms with Crippen LogP contribution in [0.4, 0.5) is 4.79 Å². The van der Waals surface area contributed by atoms with Crippen molar-refractivity contribution >= 4 is 22.0 Å². The summed E-state index contributed by atoms with van der Waals surface area (Å²) in [6.45, 7) is 8.54. The van der Waals surface area contributed by atoms with Crippen LogP contribution in [0.1, 0.15) is 58.6 Å². The Balaban J connectivity index is 1.90. The minimum atomic E-state index is -0.466. The molecule has 4 nitrogen and oxygen atoms in total. The summed E-state index contributed by atoms with van der Waals surface area (Å²) in [6, 6.07) is 8.51. The van der Waals surface area contributed by atoms with Crippen molar-refractivity contribution in [2.45, 2.75) is 64.1 Å². The summed E-state index contributed by atoms with van der Waals surface area (Å²) >= 11 is 3.51. The number of hydrogen-bond donors (Lipinski definition) is 2. The molecule has 1 unspecified atom stereocenters. The summed E-state index contributed by atoms with van der Waals surface area (Å²) in [5, 5.41) is 6.62. The Bertz CT molecular complexity index is 550. The number of alkyl carbamates (subject to hydrolysis) is 1. The molecule has 23 heavy (non-hydrogen) atoms. The molecule has 1 saturated carbocycles. The first-order valence-electron chi connectivity index (χ1n) is 8.19. The molecule has 2 N–H and O–H groups in total. The van der Waals surface area contributed by atoms with Gasteiger partial charge in [-0.2, -0.15) is 0 Å². The second-order valence-electron chi connectivity index (χ2n) is 7.42. The number of hydrogen-bond acceptors (Lipinski definition) is 3. The molecule has 1 amide bonds. The van der Waals surface area contributed by atoms with Crippen LogP contribution in [0.5, 0.6) is 0 Å². The molecule has 1 aliphatic carbocycles. The highest BCUT2D eigenvalue weighted by Gasteiger charge is 2.39. The van der Waals surface area contributed by atoms with Gasteiger partial charge in [0, 0.05) is 17.1 Å². The van der Waals surface area contributed by atoms with Crippen molar-refractivity contribution < 1.29 is 9.53 Å². The van der Waals surface area contributed by atoms with Crippen LogP contribution in [-0.4, -0.2) is 23.8 Å². The van der Waals surface area contributed by atoms with Gasteiger partial charge in [-0.25, -0.2) is 4.79 Å². The molecule has 0 aliphatic heterocycles. The minimum Gasteiger partial charge on any atom is -0.444 e. The molecular weight excluding hydrogens is 356 g/mol. The van der Waals surface area contributed by atoms with Crippen molar-refractivity contribution in [3.05, 3.63) is 34.3 Å². The third-order valence-corrected chi connectivity index (χ3v) is 4.67. The molecule has 1 aromatic carbocycles. The number of halogens is 1. The van der Waals surface area contributed by atoms with E-state index in [1.165, 1.54) is 5.56 Å². The smallest absolute Gasteiger partial charge is 0.408 e. The van der Waals surface area contributed by atoms with Gasteiger partial charge in [0.15, 0.2) is 0 Å². The quantitative estimate of drug-likeness (QED) is 0.785. The van der Waals surface area contributed by atoms with Crippen molar-refractivity contribution in [2.24, 2.45) is 0 Å². The second kappa shape index (κ2) is 7.22. The third-order valence-electron chi connectivity index (χ3n) is 4.17. The average Bonchev–Trinajstić information content (AvgIpc) is 2.39. The maximum Gasteiger partial charge on any atom is 0.408 e. The third kappa shape index (κ3) is 5.50. The number of benzene rings is 1. The van der Waals surface area contributed by atoms with E-state index in [1.54, 1.807) is 0 Å². The topological polar surface area (TPSA) is 50.4 Å². The fraction of sp³-hybridized carbons (Fsp3) is 0.611. The Morgan fingerprint density at radius 2 is 2.09 bits per heavy atom. The highest BCUT2D eigenvalue weighted by atomic mass is 79.9. The summed E-state index contributed by atoms with van der Waals surface area (Å²) in [5.41, 5.74) is 0.584. The lowest BCUT2D eigenvalue weighted by Crippen LogP contribution is -2.60. The number of carbonyl (C=O) groups is 1. The van der Waals surface area contributed by atoms with E-state index in [1.807, 2.05) is 32.9 Å². The first kappa shape index (κ1) is 18.3. The number of nitrogens with one attached hydrogen (secondary N) is 2. The van der Waals surface area contributed by atoms with Crippen LogP contribution in [0.2, 0.25) is 0 Å². The van der Waals surface area contributed by atoms with E-state index >= 15 is 0 Å². The first-order valence-corrected chi connectivity index (χ1v) is 8.98. The second-order valence-corrected chi connectivity index (χ2v) is 8.33. The molecule has 0 aromatic heterocycles. The van der Waals surface area contributed by atoms with Gasteiger partial charge < -0.3 is 15.4 Å². The average molecular weight is 383 g/mol. The summed E-state index contributed by atoms with van der Waals surface area (Å²) in [7, 11) is 0. The van der Waals surface area contributed by atoms with Gasteiger partial charge in [0.1, 0.15) is 5.60 Å². The van der Waals surface area contributed by atoms with E-state index in [2.05, 4.69) is 45.6 Å². The molecule has 128 valence electrons. The summed E-state index contributed by atoms with van der Waals surface area (Å²) in [6.07, 6.45) is 2.80. The Hall–Kier alpha value is -1.07. The minimum absolute atomic E-state index is 0.178. The predicted molar refractivity (Wildman–Crippen MR) is 96.5 cm³/mol. The van der Waals surface area contributed by atoms with Crippen LogP contribution < -0.4 is 10.6 Å². The highest BCUT2D eigenvalue weighted by molar-refractivity contribution is 9.10. The Kier molecular flexibility index (Phi) is 5.74. The number of carbonyl (C=O) groups excluding carboxylic acids is 1. The lowest BCUT2D eigenvalue weighted by atomic mass is 9.76. The zero-order valence-electron chi connectivity index (χ0n) is 14.4. The highest BCUT2D eigenvalue weighted by Crippen LogP contribution is 2.32. The number of rotatable bonds is 5. The first-order chi connectivity index (χ1) is 10.7. The van der Waals surface area contributed by atoms with Gasteiger partial charge in [-0.1, -0.05) is 28.1 Å². The van der Waals surface area contributed by atoms with E-state index in [-0.39, 0.29) is 17.7 Å². The van der Waals surface area contributed by atoms with Crippen LogP contribution in [0.25, 0.3) is 0 Å². The molecule has 0 saturated heterocycles. The lowest BCUT2D eigenvalue weighted by molar-refractivity contribution is 0.0379. The Morgan fingerprint density at radius 1 is 1.39 bits per heavy atom. The Morgan fingerprint density at radius 3 is 2.61 bits per heavy atom. The van der Waals surface area contributed by atoms with Crippen LogP contribution in [0.3, 0.4) is 0 Å². The van der Waals surface area contributed by atoms with Crippen molar-refractivity contribution in [2.75, 3.05) is 6.54 Å². The number of amides is 1. The maximum atomic E-state index is 12.1.